The van der Waals surface area contributed by atoms with E-state index >= 15 is 0 Å². The molecule has 3 rings (SSSR count). The fourth-order valence-corrected chi connectivity index (χ4v) is 5.54. The number of methoxy groups -OCH3 is 1. The van der Waals surface area contributed by atoms with Crippen LogP contribution >= 0.6 is 0 Å². The van der Waals surface area contributed by atoms with E-state index in [0.29, 0.717) is 13.0 Å². The number of unbranched alkanes of at least 4 members (excludes halogenated alkanes) is 1. The van der Waals surface area contributed by atoms with Crippen molar-refractivity contribution in [2.24, 2.45) is 0 Å². The normalized spacial score (nSPS) is 14.2. The Balaban J connectivity index is 1.81. The first-order chi connectivity index (χ1) is 15.2. The van der Waals surface area contributed by atoms with Gasteiger partial charge in [0.15, 0.2) is 0 Å². The summed E-state index contributed by atoms with van der Waals surface area (Å²) in [6.07, 6.45) is 3.12. The lowest BCUT2D eigenvalue weighted by Gasteiger charge is -2.13. The number of amides is 1. The lowest BCUT2D eigenvalue weighted by molar-refractivity contribution is 0.102. The van der Waals surface area contributed by atoms with Crippen LogP contribution in [0.3, 0.4) is 0 Å². The fourth-order valence-electron chi connectivity index (χ4n) is 2.92. The molecule has 0 heterocycles. The largest absolute Gasteiger partial charge is 0.495 e. The van der Waals surface area contributed by atoms with Gasteiger partial charge in [0.05, 0.1) is 12.0 Å². The van der Waals surface area contributed by atoms with Crippen molar-refractivity contribution in [2.45, 2.75) is 48.4 Å². The maximum absolute atomic E-state index is 12.8. The van der Waals surface area contributed by atoms with Crippen LogP contribution in [0.2, 0.25) is 0 Å². The molecule has 1 saturated carbocycles. The number of benzene rings is 2. The van der Waals surface area contributed by atoms with E-state index in [-0.39, 0.29) is 32.8 Å². The molecule has 1 fully saturated rings. The lowest BCUT2D eigenvalue weighted by Crippen LogP contribution is -2.26. The highest BCUT2D eigenvalue weighted by atomic mass is 32.2. The Morgan fingerprint density at radius 3 is 2.47 bits per heavy atom. The Hall–Kier alpha value is -2.47. The van der Waals surface area contributed by atoms with Crippen molar-refractivity contribution in [3.63, 3.8) is 0 Å². The molecule has 1 aliphatic rings. The molecule has 2 aromatic carbocycles. The molecule has 1 amide bonds. The summed E-state index contributed by atoms with van der Waals surface area (Å²) < 4.78 is 60.4. The maximum atomic E-state index is 12.8. The number of carbonyl (C=O) groups excluding carboxylic acids is 1. The van der Waals surface area contributed by atoms with Gasteiger partial charge in [0, 0.05) is 23.8 Å². The molecule has 11 heteroatoms. The lowest BCUT2D eigenvalue weighted by atomic mass is 10.2. The SMILES string of the molecule is CCCCNS(=O)(=O)c1cccc(NC(=O)c2ccc(OC)c(S(=O)(=O)NC3CC3)c2)c1. The first kappa shape index (κ1) is 24.2. The molecule has 0 spiro atoms. The first-order valence-electron chi connectivity index (χ1n) is 10.3. The predicted octanol–water partition coefficient (Wildman–Crippen LogP) is 2.47. The van der Waals surface area contributed by atoms with Crippen LogP contribution in [0.5, 0.6) is 5.75 Å². The molecule has 2 aromatic rings. The second-order valence-corrected chi connectivity index (χ2v) is 10.9. The second-order valence-electron chi connectivity index (χ2n) is 7.49. The summed E-state index contributed by atoms with van der Waals surface area (Å²) in [4.78, 5) is 12.7. The number of anilines is 1. The van der Waals surface area contributed by atoms with Gasteiger partial charge in [-0.2, -0.15) is 0 Å². The van der Waals surface area contributed by atoms with E-state index in [4.69, 9.17) is 4.74 Å². The number of ether oxygens (including phenoxy) is 1. The standard InChI is InChI=1S/C21H27N3O6S2/c1-3-4-12-22-31(26,27)18-7-5-6-17(14-18)23-21(25)15-8-11-19(30-2)20(13-15)32(28,29)24-16-9-10-16/h5-8,11,13-14,16,22,24H,3-4,9-10,12H2,1-2H3,(H,23,25). The van der Waals surface area contributed by atoms with E-state index in [1.807, 2.05) is 6.92 Å². The molecular weight excluding hydrogens is 454 g/mol. The molecule has 1 aliphatic carbocycles. The topological polar surface area (TPSA) is 131 Å². The second kappa shape index (κ2) is 9.99. The van der Waals surface area contributed by atoms with Gasteiger partial charge in [-0.15, -0.1) is 0 Å². The summed E-state index contributed by atoms with van der Waals surface area (Å²) in [7, 11) is -6.20. The van der Waals surface area contributed by atoms with Crippen LogP contribution in [0.15, 0.2) is 52.3 Å². The van der Waals surface area contributed by atoms with Crippen LogP contribution < -0.4 is 19.5 Å². The fraction of sp³-hybridized carbons (Fsp3) is 0.381. The third-order valence-corrected chi connectivity index (χ3v) is 7.84. The van der Waals surface area contributed by atoms with Gasteiger partial charge in [-0.25, -0.2) is 26.3 Å². The number of sulfonamides is 2. The number of hydrogen-bond donors (Lipinski definition) is 3. The molecule has 0 bridgehead atoms. The summed E-state index contributed by atoms with van der Waals surface area (Å²) in [6, 6.07) is 9.86. The summed E-state index contributed by atoms with van der Waals surface area (Å²) in [5.41, 5.74) is 0.362. The number of nitrogens with one attached hydrogen (secondary N) is 3. The van der Waals surface area contributed by atoms with E-state index in [1.165, 1.54) is 43.5 Å². The van der Waals surface area contributed by atoms with Crippen molar-refractivity contribution in [1.82, 2.24) is 9.44 Å². The zero-order valence-electron chi connectivity index (χ0n) is 17.9. The summed E-state index contributed by atoms with van der Waals surface area (Å²) in [5, 5.41) is 2.62. The van der Waals surface area contributed by atoms with Crippen molar-refractivity contribution in [2.75, 3.05) is 19.0 Å². The van der Waals surface area contributed by atoms with E-state index in [9.17, 15) is 21.6 Å². The minimum Gasteiger partial charge on any atom is -0.495 e. The molecule has 32 heavy (non-hydrogen) atoms. The summed E-state index contributed by atoms with van der Waals surface area (Å²) >= 11 is 0. The van der Waals surface area contributed by atoms with Crippen LogP contribution in [0.25, 0.3) is 0 Å². The molecule has 0 aliphatic heterocycles. The monoisotopic (exact) mass is 481 g/mol. The van der Waals surface area contributed by atoms with E-state index in [0.717, 1.165) is 19.3 Å². The molecule has 3 N–H and O–H groups in total. The average Bonchev–Trinajstić information content (AvgIpc) is 3.57. The van der Waals surface area contributed by atoms with Gasteiger partial charge in [0.25, 0.3) is 5.91 Å². The van der Waals surface area contributed by atoms with Gasteiger partial charge in [-0.05, 0) is 55.7 Å². The van der Waals surface area contributed by atoms with E-state index in [1.54, 1.807) is 6.07 Å². The summed E-state index contributed by atoms with van der Waals surface area (Å²) in [5.74, 6) is -0.454. The third kappa shape index (κ3) is 6.06. The van der Waals surface area contributed by atoms with Gasteiger partial charge in [0.2, 0.25) is 20.0 Å². The van der Waals surface area contributed by atoms with Crippen LogP contribution in [0.1, 0.15) is 43.0 Å². The number of rotatable bonds is 11. The highest BCUT2D eigenvalue weighted by Gasteiger charge is 2.30. The smallest absolute Gasteiger partial charge is 0.255 e. The van der Waals surface area contributed by atoms with Crippen molar-refractivity contribution >= 4 is 31.6 Å². The van der Waals surface area contributed by atoms with Crippen molar-refractivity contribution in [3.8, 4) is 5.75 Å². The molecular formula is C21H27N3O6S2. The molecule has 9 nitrogen and oxygen atoms in total. The van der Waals surface area contributed by atoms with Gasteiger partial charge in [-0.3, -0.25) is 4.79 Å². The average molecular weight is 482 g/mol. The van der Waals surface area contributed by atoms with Crippen LogP contribution in [-0.4, -0.2) is 42.4 Å². The van der Waals surface area contributed by atoms with Gasteiger partial charge < -0.3 is 10.1 Å². The van der Waals surface area contributed by atoms with Crippen molar-refractivity contribution in [1.29, 1.82) is 0 Å². The zero-order valence-corrected chi connectivity index (χ0v) is 19.6. The van der Waals surface area contributed by atoms with Crippen molar-refractivity contribution in [3.05, 3.63) is 48.0 Å². The maximum Gasteiger partial charge on any atom is 0.255 e. The van der Waals surface area contributed by atoms with Crippen LogP contribution in [-0.2, 0) is 20.0 Å². The van der Waals surface area contributed by atoms with Gasteiger partial charge in [0.1, 0.15) is 10.6 Å². The molecule has 174 valence electrons. The van der Waals surface area contributed by atoms with Gasteiger partial charge in [-0.1, -0.05) is 19.4 Å². The Labute approximate surface area is 188 Å². The summed E-state index contributed by atoms with van der Waals surface area (Å²) in [6.45, 7) is 2.29. The van der Waals surface area contributed by atoms with E-state index < -0.39 is 26.0 Å². The highest BCUT2D eigenvalue weighted by Crippen LogP contribution is 2.28. The molecule has 0 atom stereocenters. The Bertz CT molecular complexity index is 1190. The van der Waals surface area contributed by atoms with Gasteiger partial charge >= 0.3 is 0 Å². The first-order valence-corrected chi connectivity index (χ1v) is 13.2. The minimum atomic E-state index is -3.85. The Morgan fingerprint density at radius 1 is 1.06 bits per heavy atom. The molecule has 0 unspecified atom stereocenters. The van der Waals surface area contributed by atoms with Crippen molar-refractivity contribution < 1.29 is 26.4 Å². The zero-order chi connectivity index (χ0) is 23.4. The number of hydrogen-bond acceptors (Lipinski definition) is 6. The molecule has 0 saturated heterocycles. The highest BCUT2D eigenvalue weighted by molar-refractivity contribution is 7.89. The quantitative estimate of drug-likeness (QED) is 0.423. The van der Waals surface area contributed by atoms with Crippen LogP contribution in [0, 0.1) is 0 Å². The molecule has 0 aromatic heterocycles. The minimum absolute atomic E-state index is 0.0260. The Morgan fingerprint density at radius 2 is 1.81 bits per heavy atom. The Kier molecular flexibility index (Phi) is 7.55. The van der Waals surface area contributed by atoms with Crippen LogP contribution in [0.4, 0.5) is 5.69 Å². The molecule has 0 radical (unpaired) electrons. The predicted molar refractivity (Wildman–Crippen MR) is 121 cm³/mol. The number of carbonyl (C=O) groups is 1. The van der Waals surface area contributed by atoms with E-state index in [2.05, 4.69) is 14.8 Å². The third-order valence-electron chi connectivity index (χ3n) is 4.84.